The van der Waals surface area contributed by atoms with Gasteiger partial charge < -0.3 is 15.2 Å². The van der Waals surface area contributed by atoms with Gasteiger partial charge in [0.1, 0.15) is 11.4 Å². The maximum atomic E-state index is 12.7. The summed E-state index contributed by atoms with van der Waals surface area (Å²) in [5.74, 6) is -0.672. The summed E-state index contributed by atoms with van der Waals surface area (Å²) in [7, 11) is 1.73. The number of aliphatic hydroxyl groups is 1. The van der Waals surface area contributed by atoms with E-state index >= 15 is 0 Å². The monoisotopic (exact) mass is 449 g/mol. The van der Waals surface area contributed by atoms with Gasteiger partial charge in [-0.25, -0.2) is 9.97 Å². The van der Waals surface area contributed by atoms with E-state index in [0.29, 0.717) is 22.5 Å². The molecule has 2 aromatic heterocycles. The minimum Gasteiger partial charge on any atom is -0.406 e. The summed E-state index contributed by atoms with van der Waals surface area (Å²) in [6.07, 6.45) is -3.10. The van der Waals surface area contributed by atoms with E-state index in [2.05, 4.69) is 25.1 Å². The lowest BCUT2D eigenvalue weighted by atomic mass is 10.1. The predicted octanol–water partition coefficient (Wildman–Crippen LogP) is 3.25. The number of benzene rings is 1. The smallest absolute Gasteiger partial charge is 0.406 e. The number of rotatable bonds is 6. The molecular formula is C21H22F3N5O3. The summed E-state index contributed by atoms with van der Waals surface area (Å²) in [6.45, 7) is 4.86. The number of nitrogens with one attached hydrogen (secondary N) is 1. The number of aromatic nitrogens is 4. The topological polar surface area (TPSA) is 102 Å². The number of alkyl halides is 3. The highest BCUT2D eigenvalue weighted by Crippen LogP contribution is 2.28. The number of halogens is 3. The van der Waals surface area contributed by atoms with E-state index in [4.69, 9.17) is 0 Å². The van der Waals surface area contributed by atoms with Crippen LogP contribution < -0.4 is 10.1 Å². The van der Waals surface area contributed by atoms with Gasteiger partial charge in [-0.3, -0.25) is 9.48 Å². The van der Waals surface area contributed by atoms with Gasteiger partial charge in [0, 0.05) is 25.4 Å². The SMILES string of the molecule is Cc1nn(C)cc1-c1nc(C(=O)NCC(C)(C)O)cc(-c2ccc(OC(F)(F)F)cc2)n1. The highest BCUT2D eigenvalue weighted by Gasteiger charge is 2.31. The van der Waals surface area contributed by atoms with Crippen molar-refractivity contribution in [2.45, 2.75) is 32.7 Å². The summed E-state index contributed by atoms with van der Waals surface area (Å²) in [4.78, 5) is 21.5. The lowest BCUT2D eigenvalue weighted by molar-refractivity contribution is -0.274. The summed E-state index contributed by atoms with van der Waals surface area (Å²) < 4.78 is 42.8. The Morgan fingerprint density at radius 3 is 2.38 bits per heavy atom. The largest absolute Gasteiger partial charge is 0.573 e. The van der Waals surface area contributed by atoms with E-state index in [1.807, 2.05) is 0 Å². The Balaban J connectivity index is 2.02. The van der Waals surface area contributed by atoms with Gasteiger partial charge in [-0.2, -0.15) is 5.10 Å². The number of carbonyl (C=O) groups is 1. The van der Waals surface area contributed by atoms with Crippen molar-refractivity contribution in [2.75, 3.05) is 6.54 Å². The van der Waals surface area contributed by atoms with Crippen LogP contribution in [0.2, 0.25) is 0 Å². The van der Waals surface area contributed by atoms with Gasteiger partial charge in [0.05, 0.1) is 22.6 Å². The van der Waals surface area contributed by atoms with Crippen molar-refractivity contribution in [1.29, 1.82) is 0 Å². The molecule has 0 radical (unpaired) electrons. The molecule has 3 aromatic rings. The van der Waals surface area contributed by atoms with Crippen LogP contribution in [0.15, 0.2) is 36.5 Å². The molecule has 0 atom stereocenters. The molecule has 0 aliphatic heterocycles. The van der Waals surface area contributed by atoms with Crippen molar-refractivity contribution in [1.82, 2.24) is 25.1 Å². The molecule has 0 saturated heterocycles. The van der Waals surface area contributed by atoms with E-state index in [1.165, 1.54) is 18.2 Å². The fourth-order valence-electron chi connectivity index (χ4n) is 2.87. The second-order valence-corrected chi connectivity index (χ2v) is 7.83. The molecule has 170 valence electrons. The van der Waals surface area contributed by atoms with Crippen molar-refractivity contribution in [3.63, 3.8) is 0 Å². The fraction of sp³-hybridized carbons (Fsp3) is 0.333. The van der Waals surface area contributed by atoms with Crippen molar-refractivity contribution < 1.29 is 27.8 Å². The van der Waals surface area contributed by atoms with Crippen LogP contribution in [0, 0.1) is 6.92 Å². The number of aryl methyl sites for hydroxylation is 2. The number of ether oxygens (including phenoxy) is 1. The molecule has 2 heterocycles. The van der Waals surface area contributed by atoms with Gasteiger partial charge in [0.25, 0.3) is 5.91 Å². The molecule has 0 saturated carbocycles. The molecule has 3 rings (SSSR count). The molecule has 11 heteroatoms. The van der Waals surface area contributed by atoms with Crippen LogP contribution in [0.3, 0.4) is 0 Å². The van der Waals surface area contributed by atoms with Crippen LogP contribution in [-0.2, 0) is 7.05 Å². The molecule has 0 bridgehead atoms. The second kappa shape index (κ2) is 8.58. The van der Waals surface area contributed by atoms with Gasteiger partial charge in [-0.1, -0.05) is 0 Å². The Labute approximate surface area is 182 Å². The average molecular weight is 449 g/mol. The first kappa shape index (κ1) is 23.2. The van der Waals surface area contributed by atoms with Crippen molar-refractivity contribution in [2.24, 2.45) is 7.05 Å². The molecular weight excluding hydrogens is 427 g/mol. The van der Waals surface area contributed by atoms with Gasteiger partial charge in [0.2, 0.25) is 0 Å². The second-order valence-electron chi connectivity index (χ2n) is 7.83. The zero-order valence-corrected chi connectivity index (χ0v) is 17.9. The summed E-state index contributed by atoms with van der Waals surface area (Å²) >= 11 is 0. The van der Waals surface area contributed by atoms with E-state index < -0.39 is 17.9 Å². The normalized spacial score (nSPS) is 12.0. The summed E-state index contributed by atoms with van der Waals surface area (Å²) in [6, 6.07) is 6.56. The molecule has 1 amide bonds. The first-order valence-electron chi connectivity index (χ1n) is 9.57. The number of hydrogen-bond acceptors (Lipinski definition) is 6. The lowest BCUT2D eigenvalue weighted by Gasteiger charge is -2.17. The molecule has 0 unspecified atom stereocenters. The van der Waals surface area contributed by atoms with E-state index in [0.717, 1.165) is 12.1 Å². The average Bonchev–Trinajstić information content (AvgIpc) is 3.02. The van der Waals surface area contributed by atoms with E-state index in [-0.39, 0.29) is 23.8 Å². The van der Waals surface area contributed by atoms with Gasteiger partial charge in [-0.15, -0.1) is 13.2 Å². The number of amides is 1. The van der Waals surface area contributed by atoms with E-state index in [9.17, 15) is 23.1 Å². The summed E-state index contributed by atoms with van der Waals surface area (Å²) in [5.41, 5.74) is 0.937. The third-order valence-electron chi connectivity index (χ3n) is 4.28. The predicted molar refractivity (Wildman–Crippen MR) is 110 cm³/mol. The lowest BCUT2D eigenvalue weighted by Crippen LogP contribution is -2.38. The van der Waals surface area contributed by atoms with Crippen molar-refractivity contribution >= 4 is 5.91 Å². The highest BCUT2D eigenvalue weighted by molar-refractivity contribution is 5.93. The van der Waals surface area contributed by atoms with Crippen LogP contribution in [-0.4, -0.2) is 49.3 Å². The fourth-order valence-corrected chi connectivity index (χ4v) is 2.87. The maximum absolute atomic E-state index is 12.7. The van der Waals surface area contributed by atoms with Crippen LogP contribution in [0.5, 0.6) is 5.75 Å². The van der Waals surface area contributed by atoms with E-state index in [1.54, 1.807) is 38.7 Å². The van der Waals surface area contributed by atoms with Gasteiger partial charge in [0.15, 0.2) is 5.82 Å². The molecule has 2 N–H and O–H groups in total. The quantitative estimate of drug-likeness (QED) is 0.599. The molecule has 1 aromatic carbocycles. The Morgan fingerprint density at radius 2 is 1.84 bits per heavy atom. The maximum Gasteiger partial charge on any atom is 0.573 e. The highest BCUT2D eigenvalue weighted by atomic mass is 19.4. The zero-order valence-electron chi connectivity index (χ0n) is 17.9. The van der Waals surface area contributed by atoms with Crippen LogP contribution >= 0.6 is 0 Å². The third-order valence-corrected chi connectivity index (χ3v) is 4.28. The van der Waals surface area contributed by atoms with Crippen molar-refractivity contribution in [3.8, 4) is 28.4 Å². The summed E-state index contributed by atoms with van der Waals surface area (Å²) in [5, 5.41) is 16.7. The minimum atomic E-state index is -4.80. The molecule has 8 nitrogen and oxygen atoms in total. The Morgan fingerprint density at radius 1 is 1.19 bits per heavy atom. The molecule has 32 heavy (non-hydrogen) atoms. The Hall–Kier alpha value is -3.47. The van der Waals surface area contributed by atoms with Gasteiger partial charge in [-0.05, 0) is 51.1 Å². The minimum absolute atomic E-state index is 0.00407. The van der Waals surface area contributed by atoms with Crippen LogP contribution in [0.1, 0.15) is 30.0 Å². The Kier molecular flexibility index (Phi) is 6.22. The number of carbonyl (C=O) groups excluding carboxylic acids is 1. The van der Waals surface area contributed by atoms with Crippen LogP contribution in [0.4, 0.5) is 13.2 Å². The third kappa shape index (κ3) is 6.03. The number of nitrogens with zero attached hydrogens (tertiary/aromatic N) is 4. The first-order chi connectivity index (χ1) is 14.8. The molecule has 0 aliphatic rings. The molecule has 0 spiro atoms. The van der Waals surface area contributed by atoms with Gasteiger partial charge >= 0.3 is 6.36 Å². The number of hydrogen-bond donors (Lipinski definition) is 2. The molecule has 0 aliphatic carbocycles. The van der Waals surface area contributed by atoms with Crippen LogP contribution in [0.25, 0.3) is 22.6 Å². The first-order valence-corrected chi connectivity index (χ1v) is 9.57. The van der Waals surface area contributed by atoms with Crippen molar-refractivity contribution in [3.05, 3.63) is 47.9 Å². The Bertz CT molecular complexity index is 1120. The zero-order chi connectivity index (χ0) is 23.7. The molecule has 0 fully saturated rings. The standard InChI is InChI=1S/C21H22F3N5O3/c1-12-15(10-29(4)28-12)18-26-16(9-17(27-18)19(30)25-11-20(2,3)31)13-5-7-14(8-6-13)32-21(22,23)24/h5-10,31H,11H2,1-4H3,(H,25,30).